The molecule has 18 heavy (non-hydrogen) atoms. The smallest absolute Gasteiger partial charge is 0.132 e. The van der Waals surface area contributed by atoms with Crippen molar-refractivity contribution in [3.8, 4) is 5.75 Å². The maximum Gasteiger partial charge on any atom is 0.132 e. The van der Waals surface area contributed by atoms with Crippen LogP contribution in [0.1, 0.15) is 18.5 Å². The van der Waals surface area contributed by atoms with E-state index in [0.717, 1.165) is 52.9 Å². The number of aryl methyl sites for hydroxylation is 1. The van der Waals surface area contributed by atoms with Crippen LogP contribution in [0.4, 0.5) is 0 Å². The molecule has 0 aliphatic carbocycles. The van der Waals surface area contributed by atoms with Crippen molar-refractivity contribution in [2.75, 3.05) is 13.2 Å². The molecule has 0 unspecified atom stereocenters. The number of rotatable bonds is 2. The van der Waals surface area contributed by atoms with Crippen molar-refractivity contribution in [3.63, 3.8) is 0 Å². The molecule has 2 heterocycles. The lowest BCUT2D eigenvalue weighted by Crippen LogP contribution is -2.25. The van der Waals surface area contributed by atoms with E-state index in [4.69, 9.17) is 9.47 Å². The van der Waals surface area contributed by atoms with Crippen molar-refractivity contribution < 1.29 is 9.47 Å². The first-order valence-corrected chi connectivity index (χ1v) is 6.92. The van der Waals surface area contributed by atoms with Gasteiger partial charge in [0.1, 0.15) is 11.9 Å². The molecule has 0 amide bonds. The van der Waals surface area contributed by atoms with Crippen LogP contribution in [-0.4, -0.2) is 29.5 Å². The number of nitrogens with zero attached hydrogens (tertiary/aromatic N) is 1. The van der Waals surface area contributed by atoms with Crippen molar-refractivity contribution in [2.24, 2.45) is 0 Å². The Labute approximate surface area is 114 Å². The Morgan fingerprint density at radius 3 is 2.94 bits per heavy atom. The van der Waals surface area contributed by atoms with E-state index < -0.39 is 0 Å². The molecule has 0 saturated carbocycles. The third-order valence-corrected chi connectivity index (χ3v) is 3.69. The van der Waals surface area contributed by atoms with Gasteiger partial charge in [-0.2, -0.15) is 5.10 Å². The lowest BCUT2D eigenvalue weighted by atomic mass is 10.1. The molecule has 1 aromatic heterocycles. The molecule has 1 aromatic carbocycles. The zero-order valence-electron chi connectivity index (χ0n) is 10.2. The summed E-state index contributed by atoms with van der Waals surface area (Å²) in [7, 11) is 0. The molecular weight excluding hydrogens is 296 g/mol. The summed E-state index contributed by atoms with van der Waals surface area (Å²) in [5.74, 6) is 0.900. The minimum atomic E-state index is 0.241. The van der Waals surface area contributed by atoms with Gasteiger partial charge in [0, 0.05) is 17.3 Å². The van der Waals surface area contributed by atoms with E-state index in [2.05, 4.69) is 26.1 Å². The highest BCUT2D eigenvalue weighted by Crippen LogP contribution is 2.32. The Morgan fingerprint density at radius 1 is 1.39 bits per heavy atom. The van der Waals surface area contributed by atoms with E-state index in [1.807, 2.05) is 19.1 Å². The Bertz CT molecular complexity index is 561. The zero-order valence-corrected chi connectivity index (χ0v) is 11.8. The Morgan fingerprint density at radius 2 is 2.17 bits per heavy atom. The van der Waals surface area contributed by atoms with Gasteiger partial charge in [-0.1, -0.05) is 15.9 Å². The van der Waals surface area contributed by atoms with Gasteiger partial charge in [-0.25, -0.2) is 0 Å². The van der Waals surface area contributed by atoms with Crippen LogP contribution in [0.3, 0.4) is 0 Å². The predicted molar refractivity (Wildman–Crippen MR) is 73.0 cm³/mol. The van der Waals surface area contributed by atoms with Crippen LogP contribution in [0, 0.1) is 6.92 Å². The van der Waals surface area contributed by atoms with Gasteiger partial charge >= 0.3 is 0 Å². The number of nitrogens with one attached hydrogen (secondary N) is 1. The summed E-state index contributed by atoms with van der Waals surface area (Å²) in [5, 5.41) is 8.34. The minimum Gasteiger partial charge on any atom is -0.489 e. The molecule has 2 aromatic rings. The molecule has 0 bridgehead atoms. The van der Waals surface area contributed by atoms with Gasteiger partial charge in [0.15, 0.2) is 0 Å². The van der Waals surface area contributed by atoms with Crippen LogP contribution in [0.15, 0.2) is 16.6 Å². The summed E-state index contributed by atoms with van der Waals surface area (Å²) >= 11 is 3.50. The number of hydrogen-bond donors (Lipinski definition) is 1. The second-order valence-electron chi connectivity index (χ2n) is 4.57. The van der Waals surface area contributed by atoms with Gasteiger partial charge in [0.05, 0.1) is 29.8 Å². The Balaban J connectivity index is 1.96. The predicted octanol–water partition coefficient (Wildman–Crippen LogP) is 3.19. The highest BCUT2D eigenvalue weighted by atomic mass is 79.9. The lowest BCUT2D eigenvalue weighted by molar-refractivity contribution is 0.0261. The molecule has 0 spiro atoms. The molecule has 0 atom stereocenters. The molecule has 0 radical (unpaired) electrons. The molecule has 5 heteroatoms. The Kier molecular flexibility index (Phi) is 3.26. The number of hydrogen-bond acceptors (Lipinski definition) is 3. The zero-order chi connectivity index (χ0) is 12.5. The number of halogens is 1. The summed E-state index contributed by atoms with van der Waals surface area (Å²) < 4.78 is 12.5. The number of fused-ring (bicyclic) bond motifs is 1. The second kappa shape index (κ2) is 4.90. The van der Waals surface area contributed by atoms with Gasteiger partial charge in [0.25, 0.3) is 0 Å². The quantitative estimate of drug-likeness (QED) is 0.926. The second-order valence-corrected chi connectivity index (χ2v) is 5.48. The van der Waals surface area contributed by atoms with Crippen LogP contribution in [0.5, 0.6) is 5.75 Å². The van der Waals surface area contributed by atoms with Gasteiger partial charge in [-0.15, -0.1) is 0 Å². The molecule has 1 N–H and O–H groups in total. The van der Waals surface area contributed by atoms with Crippen molar-refractivity contribution in [1.82, 2.24) is 10.2 Å². The molecule has 4 nitrogen and oxygen atoms in total. The first-order valence-electron chi connectivity index (χ1n) is 6.12. The molecule has 1 aliphatic heterocycles. The van der Waals surface area contributed by atoms with Gasteiger partial charge in [-0.3, -0.25) is 5.10 Å². The standard InChI is InChI=1S/C13H15BrN2O2/c1-8-13-11(16-15-8)6-9(14)7-12(13)18-10-2-4-17-5-3-10/h6-7,10H,2-5H2,1H3,(H,15,16). The highest BCUT2D eigenvalue weighted by molar-refractivity contribution is 9.10. The number of aromatic amines is 1. The van der Waals surface area contributed by atoms with Gasteiger partial charge in [-0.05, 0) is 19.1 Å². The molecule has 1 fully saturated rings. The highest BCUT2D eigenvalue weighted by Gasteiger charge is 2.18. The average Bonchev–Trinajstić information content (AvgIpc) is 2.72. The summed E-state index contributed by atoms with van der Waals surface area (Å²) in [6.45, 7) is 3.56. The molecular formula is C13H15BrN2O2. The van der Waals surface area contributed by atoms with E-state index >= 15 is 0 Å². The monoisotopic (exact) mass is 310 g/mol. The topological polar surface area (TPSA) is 47.1 Å². The van der Waals surface area contributed by atoms with Crippen molar-refractivity contribution in [1.29, 1.82) is 0 Å². The molecule has 96 valence electrons. The summed E-state index contributed by atoms with van der Waals surface area (Å²) in [4.78, 5) is 0. The third-order valence-electron chi connectivity index (χ3n) is 3.23. The maximum atomic E-state index is 6.12. The van der Waals surface area contributed by atoms with Crippen molar-refractivity contribution >= 4 is 26.8 Å². The van der Waals surface area contributed by atoms with E-state index in [1.54, 1.807) is 0 Å². The molecule has 1 aliphatic rings. The van der Waals surface area contributed by atoms with E-state index in [1.165, 1.54) is 0 Å². The molecule has 3 rings (SSSR count). The Hall–Kier alpha value is -1.07. The fourth-order valence-electron chi connectivity index (χ4n) is 2.31. The van der Waals surface area contributed by atoms with Gasteiger partial charge < -0.3 is 9.47 Å². The minimum absolute atomic E-state index is 0.241. The average molecular weight is 311 g/mol. The van der Waals surface area contributed by atoms with Gasteiger partial charge in [0.2, 0.25) is 0 Å². The first-order chi connectivity index (χ1) is 8.74. The van der Waals surface area contributed by atoms with E-state index in [0.29, 0.717) is 0 Å². The third kappa shape index (κ3) is 2.24. The number of H-pyrrole nitrogens is 1. The van der Waals surface area contributed by atoms with Crippen molar-refractivity contribution in [3.05, 3.63) is 22.3 Å². The summed E-state index contributed by atoms with van der Waals surface area (Å²) in [5.41, 5.74) is 1.98. The molecule has 1 saturated heterocycles. The fourth-order valence-corrected chi connectivity index (χ4v) is 2.75. The SMILES string of the molecule is Cc1n[nH]c2cc(Br)cc(OC3CCOCC3)c12. The largest absolute Gasteiger partial charge is 0.489 e. The van der Waals surface area contributed by atoms with Crippen molar-refractivity contribution in [2.45, 2.75) is 25.9 Å². The summed E-state index contributed by atoms with van der Waals surface area (Å²) in [6.07, 6.45) is 2.14. The lowest BCUT2D eigenvalue weighted by Gasteiger charge is -2.23. The van der Waals surface area contributed by atoms with Crippen LogP contribution < -0.4 is 4.74 Å². The van der Waals surface area contributed by atoms with Crippen LogP contribution in [-0.2, 0) is 4.74 Å². The van der Waals surface area contributed by atoms with Crippen LogP contribution >= 0.6 is 15.9 Å². The number of benzene rings is 1. The van der Waals surface area contributed by atoms with E-state index in [-0.39, 0.29) is 6.10 Å². The summed E-state index contributed by atoms with van der Waals surface area (Å²) in [6, 6.07) is 4.03. The number of ether oxygens (including phenoxy) is 2. The normalized spacial score (nSPS) is 17.2. The van der Waals surface area contributed by atoms with Crippen LogP contribution in [0.25, 0.3) is 10.9 Å². The fraction of sp³-hybridized carbons (Fsp3) is 0.462. The first kappa shape index (κ1) is 12.0. The van der Waals surface area contributed by atoms with Crippen LogP contribution in [0.2, 0.25) is 0 Å². The maximum absolute atomic E-state index is 6.12. The van der Waals surface area contributed by atoms with E-state index in [9.17, 15) is 0 Å². The number of aromatic nitrogens is 2.